The van der Waals surface area contributed by atoms with Gasteiger partial charge in [0.25, 0.3) is 5.91 Å². The molecular formula is C17H19Cl2N3O. The number of benzene rings is 1. The Kier molecular flexibility index (Phi) is 6.68. The van der Waals surface area contributed by atoms with E-state index in [4.69, 9.17) is 23.2 Å². The minimum absolute atomic E-state index is 0.0983. The Bertz CT molecular complexity index is 659. The van der Waals surface area contributed by atoms with Crippen molar-refractivity contribution in [2.45, 2.75) is 19.8 Å². The van der Waals surface area contributed by atoms with Crippen molar-refractivity contribution < 1.29 is 4.79 Å². The van der Waals surface area contributed by atoms with Crippen molar-refractivity contribution in [2.75, 3.05) is 18.4 Å². The molecule has 0 aliphatic rings. The number of anilines is 1. The molecule has 0 saturated heterocycles. The number of nitrogens with one attached hydrogen (secondary N) is 2. The third kappa shape index (κ3) is 5.41. The number of carbonyl (C=O) groups is 1. The molecule has 1 aromatic heterocycles. The molecule has 1 heterocycles. The van der Waals surface area contributed by atoms with Gasteiger partial charge < -0.3 is 10.6 Å². The SMILES string of the molecule is CCCNC(=O)c1ccc(NCCc2ccc(Cl)cc2Cl)nc1. The fourth-order valence-electron chi connectivity index (χ4n) is 2.02. The monoisotopic (exact) mass is 351 g/mol. The molecule has 4 nitrogen and oxygen atoms in total. The molecule has 0 aliphatic heterocycles. The van der Waals surface area contributed by atoms with Crippen LogP contribution in [0.15, 0.2) is 36.5 Å². The lowest BCUT2D eigenvalue weighted by Gasteiger charge is -2.08. The maximum atomic E-state index is 11.8. The van der Waals surface area contributed by atoms with Gasteiger partial charge in [-0.05, 0) is 42.7 Å². The summed E-state index contributed by atoms with van der Waals surface area (Å²) in [5.74, 6) is 0.626. The van der Waals surface area contributed by atoms with Crippen LogP contribution in [0.5, 0.6) is 0 Å². The van der Waals surface area contributed by atoms with E-state index in [9.17, 15) is 4.79 Å². The van der Waals surface area contributed by atoms with E-state index in [1.165, 1.54) is 0 Å². The van der Waals surface area contributed by atoms with E-state index < -0.39 is 0 Å². The number of hydrogen-bond acceptors (Lipinski definition) is 3. The van der Waals surface area contributed by atoms with Gasteiger partial charge in [-0.1, -0.05) is 36.2 Å². The number of halogens is 2. The van der Waals surface area contributed by atoms with Crippen molar-refractivity contribution in [1.29, 1.82) is 0 Å². The van der Waals surface area contributed by atoms with Crippen molar-refractivity contribution in [3.05, 3.63) is 57.7 Å². The van der Waals surface area contributed by atoms with Crippen molar-refractivity contribution in [1.82, 2.24) is 10.3 Å². The van der Waals surface area contributed by atoms with Crippen molar-refractivity contribution in [3.63, 3.8) is 0 Å². The molecule has 0 fully saturated rings. The van der Waals surface area contributed by atoms with Gasteiger partial charge in [0.2, 0.25) is 0 Å². The van der Waals surface area contributed by atoms with Gasteiger partial charge in [0, 0.05) is 29.3 Å². The molecule has 0 bridgehead atoms. The summed E-state index contributed by atoms with van der Waals surface area (Å²) in [5.41, 5.74) is 1.59. The fraction of sp³-hybridized carbons (Fsp3) is 0.294. The second kappa shape index (κ2) is 8.75. The Labute approximate surface area is 146 Å². The largest absolute Gasteiger partial charge is 0.370 e. The standard InChI is InChI=1S/C17H19Cl2N3O/c1-2-8-21-17(23)13-4-6-16(22-11-13)20-9-7-12-3-5-14(18)10-15(12)19/h3-6,10-11H,2,7-9H2,1H3,(H,20,22)(H,21,23). The lowest BCUT2D eigenvalue weighted by Crippen LogP contribution is -2.24. The van der Waals surface area contributed by atoms with Crippen LogP contribution < -0.4 is 10.6 Å². The molecule has 0 unspecified atom stereocenters. The number of aromatic nitrogens is 1. The first-order chi connectivity index (χ1) is 11.1. The minimum Gasteiger partial charge on any atom is -0.370 e. The fourth-order valence-corrected chi connectivity index (χ4v) is 2.53. The molecular weight excluding hydrogens is 333 g/mol. The zero-order valence-electron chi connectivity index (χ0n) is 12.9. The van der Waals surface area contributed by atoms with Gasteiger partial charge in [0.05, 0.1) is 5.56 Å². The first-order valence-corrected chi connectivity index (χ1v) is 8.27. The van der Waals surface area contributed by atoms with Crippen LogP contribution in [0.4, 0.5) is 5.82 Å². The molecule has 6 heteroatoms. The number of pyridine rings is 1. The minimum atomic E-state index is -0.0983. The predicted molar refractivity (Wildman–Crippen MR) is 95.5 cm³/mol. The number of amides is 1. The molecule has 2 N–H and O–H groups in total. The first-order valence-electron chi connectivity index (χ1n) is 7.52. The molecule has 2 aromatic rings. The Morgan fingerprint density at radius 3 is 2.65 bits per heavy atom. The maximum Gasteiger partial charge on any atom is 0.252 e. The van der Waals surface area contributed by atoms with Crippen molar-refractivity contribution in [2.24, 2.45) is 0 Å². The van der Waals surface area contributed by atoms with Gasteiger partial charge in [-0.3, -0.25) is 4.79 Å². The second-order valence-corrected chi connectivity index (χ2v) is 5.94. The summed E-state index contributed by atoms with van der Waals surface area (Å²) >= 11 is 12.0. The zero-order chi connectivity index (χ0) is 16.7. The van der Waals surface area contributed by atoms with Gasteiger partial charge in [0.1, 0.15) is 5.82 Å². The van der Waals surface area contributed by atoms with Crippen LogP contribution in [0, 0.1) is 0 Å². The topological polar surface area (TPSA) is 54.0 Å². The molecule has 0 radical (unpaired) electrons. The molecule has 2 rings (SSSR count). The van der Waals surface area contributed by atoms with Gasteiger partial charge in [0.15, 0.2) is 0 Å². The molecule has 122 valence electrons. The van der Waals surface area contributed by atoms with E-state index in [1.807, 2.05) is 19.1 Å². The van der Waals surface area contributed by atoms with Crippen LogP contribution in [0.2, 0.25) is 10.0 Å². The number of carbonyl (C=O) groups excluding carboxylic acids is 1. The van der Waals surface area contributed by atoms with E-state index >= 15 is 0 Å². The normalized spacial score (nSPS) is 10.4. The van der Waals surface area contributed by atoms with E-state index in [2.05, 4.69) is 15.6 Å². The van der Waals surface area contributed by atoms with Gasteiger partial charge in [-0.2, -0.15) is 0 Å². The van der Waals surface area contributed by atoms with Gasteiger partial charge in [-0.25, -0.2) is 4.98 Å². The Morgan fingerprint density at radius 1 is 1.17 bits per heavy atom. The molecule has 0 spiro atoms. The maximum absolute atomic E-state index is 11.8. The number of hydrogen-bond donors (Lipinski definition) is 2. The summed E-state index contributed by atoms with van der Waals surface area (Å²) in [6.07, 6.45) is 3.24. The van der Waals surface area contributed by atoms with Crippen LogP contribution in [-0.4, -0.2) is 24.0 Å². The van der Waals surface area contributed by atoms with Crippen LogP contribution in [0.1, 0.15) is 29.3 Å². The summed E-state index contributed by atoms with van der Waals surface area (Å²) in [6.45, 7) is 3.37. The smallest absolute Gasteiger partial charge is 0.252 e. The second-order valence-electron chi connectivity index (χ2n) is 5.10. The summed E-state index contributed by atoms with van der Waals surface area (Å²) in [6, 6.07) is 9.03. The molecule has 0 atom stereocenters. The zero-order valence-corrected chi connectivity index (χ0v) is 14.4. The molecule has 23 heavy (non-hydrogen) atoms. The van der Waals surface area contributed by atoms with E-state index in [0.717, 1.165) is 24.2 Å². The van der Waals surface area contributed by atoms with Crippen LogP contribution in [-0.2, 0) is 6.42 Å². The highest BCUT2D eigenvalue weighted by molar-refractivity contribution is 6.35. The van der Waals surface area contributed by atoms with Crippen LogP contribution >= 0.6 is 23.2 Å². The molecule has 0 aliphatic carbocycles. The predicted octanol–water partition coefficient (Wildman–Crippen LogP) is 4.18. The van der Waals surface area contributed by atoms with Gasteiger partial charge >= 0.3 is 0 Å². The lowest BCUT2D eigenvalue weighted by atomic mass is 10.1. The Hall–Kier alpha value is -1.78. The quantitative estimate of drug-likeness (QED) is 0.786. The lowest BCUT2D eigenvalue weighted by molar-refractivity contribution is 0.0953. The highest BCUT2D eigenvalue weighted by Crippen LogP contribution is 2.21. The number of rotatable bonds is 7. The van der Waals surface area contributed by atoms with Crippen LogP contribution in [0.25, 0.3) is 0 Å². The van der Waals surface area contributed by atoms with Crippen LogP contribution in [0.3, 0.4) is 0 Å². The van der Waals surface area contributed by atoms with Crippen molar-refractivity contribution in [3.8, 4) is 0 Å². The molecule has 1 aromatic carbocycles. The third-order valence-corrected chi connectivity index (χ3v) is 3.86. The molecule has 0 saturated carbocycles. The highest BCUT2D eigenvalue weighted by Gasteiger charge is 2.05. The van der Waals surface area contributed by atoms with E-state index in [1.54, 1.807) is 24.4 Å². The summed E-state index contributed by atoms with van der Waals surface area (Å²) < 4.78 is 0. The average molecular weight is 352 g/mol. The third-order valence-electron chi connectivity index (χ3n) is 3.28. The summed E-state index contributed by atoms with van der Waals surface area (Å²) in [5, 5.41) is 7.32. The Morgan fingerprint density at radius 2 is 2.00 bits per heavy atom. The highest BCUT2D eigenvalue weighted by atomic mass is 35.5. The first kappa shape index (κ1) is 17.6. The van der Waals surface area contributed by atoms with E-state index in [0.29, 0.717) is 28.7 Å². The summed E-state index contributed by atoms with van der Waals surface area (Å²) in [7, 11) is 0. The van der Waals surface area contributed by atoms with Gasteiger partial charge in [-0.15, -0.1) is 0 Å². The summed E-state index contributed by atoms with van der Waals surface area (Å²) in [4.78, 5) is 16.0. The Balaban J connectivity index is 1.85. The number of nitrogens with zero attached hydrogens (tertiary/aromatic N) is 1. The molecule has 1 amide bonds. The van der Waals surface area contributed by atoms with Crippen molar-refractivity contribution >= 4 is 34.9 Å². The average Bonchev–Trinajstić information content (AvgIpc) is 2.55. The van der Waals surface area contributed by atoms with E-state index in [-0.39, 0.29) is 5.91 Å².